The monoisotopic (exact) mass is 337 g/mol. The summed E-state index contributed by atoms with van der Waals surface area (Å²) < 4.78 is 0. The highest BCUT2D eigenvalue weighted by atomic mass is 16.3. The fraction of sp³-hybridized carbons (Fsp3) is 0.478. The average Bonchev–Trinajstić information content (AvgIpc) is 3.13. The zero-order valence-corrected chi connectivity index (χ0v) is 15.5. The fourth-order valence-corrected chi connectivity index (χ4v) is 4.69. The van der Waals surface area contributed by atoms with Gasteiger partial charge >= 0.3 is 0 Å². The van der Waals surface area contributed by atoms with Gasteiger partial charge in [0, 0.05) is 12.3 Å². The summed E-state index contributed by atoms with van der Waals surface area (Å²) in [5.74, 6) is 0.606. The molecular weight excluding hydrogens is 306 g/mol. The predicted molar refractivity (Wildman–Crippen MR) is 104 cm³/mol. The van der Waals surface area contributed by atoms with E-state index in [0.29, 0.717) is 18.9 Å². The predicted octanol–water partition coefficient (Wildman–Crippen LogP) is 4.50. The molecular formula is C23H31NO. The standard InChI is InChI=1S/C23H31NO/c1-17-9-8-14-21(18(17)2)23(25,15-19-10-4-3-5-11-19)22(16-24)20-12-6-7-13-20/h3-5,8-11,14,20,22,25H,6-7,12-13,15-16,24H2,1-2H3. The van der Waals surface area contributed by atoms with Crippen LogP contribution in [0.5, 0.6) is 0 Å². The van der Waals surface area contributed by atoms with Crippen LogP contribution in [0.1, 0.15) is 47.9 Å². The van der Waals surface area contributed by atoms with Crippen molar-refractivity contribution in [2.24, 2.45) is 17.6 Å². The van der Waals surface area contributed by atoms with E-state index in [4.69, 9.17) is 5.73 Å². The number of aliphatic hydroxyl groups is 1. The van der Waals surface area contributed by atoms with Gasteiger partial charge in [0.1, 0.15) is 0 Å². The normalized spacial score (nSPS) is 18.9. The molecule has 0 heterocycles. The number of rotatable bonds is 6. The van der Waals surface area contributed by atoms with Gasteiger partial charge in [-0.1, -0.05) is 74.2 Å². The molecule has 2 aromatic rings. The van der Waals surface area contributed by atoms with Crippen LogP contribution < -0.4 is 5.73 Å². The number of hydrogen-bond acceptors (Lipinski definition) is 2. The van der Waals surface area contributed by atoms with Gasteiger partial charge in [-0.2, -0.15) is 0 Å². The first kappa shape index (κ1) is 18.2. The minimum absolute atomic E-state index is 0.0932. The second-order valence-corrected chi connectivity index (χ2v) is 7.72. The molecule has 0 radical (unpaired) electrons. The van der Waals surface area contributed by atoms with Gasteiger partial charge in [-0.25, -0.2) is 0 Å². The van der Waals surface area contributed by atoms with Crippen molar-refractivity contribution in [3.8, 4) is 0 Å². The summed E-state index contributed by atoms with van der Waals surface area (Å²) in [5.41, 5.74) is 9.99. The van der Waals surface area contributed by atoms with Gasteiger partial charge in [0.15, 0.2) is 0 Å². The largest absolute Gasteiger partial charge is 0.384 e. The van der Waals surface area contributed by atoms with Gasteiger partial charge < -0.3 is 10.8 Å². The summed E-state index contributed by atoms with van der Waals surface area (Å²) in [6, 6.07) is 16.6. The molecule has 1 saturated carbocycles. The third kappa shape index (κ3) is 3.65. The third-order valence-electron chi connectivity index (χ3n) is 6.22. The van der Waals surface area contributed by atoms with Crippen molar-refractivity contribution < 1.29 is 5.11 Å². The molecule has 1 aliphatic carbocycles. The van der Waals surface area contributed by atoms with E-state index >= 15 is 0 Å². The van der Waals surface area contributed by atoms with Crippen LogP contribution in [-0.4, -0.2) is 11.7 Å². The van der Waals surface area contributed by atoms with E-state index in [-0.39, 0.29) is 5.92 Å². The zero-order chi connectivity index (χ0) is 17.9. The molecule has 0 amide bonds. The Morgan fingerprint density at radius 3 is 2.36 bits per heavy atom. The summed E-state index contributed by atoms with van der Waals surface area (Å²) in [7, 11) is 0. The highest BCUT2D eigenvalue weighted by molar-refractivity contribution is 5.39. The first-order valence-electron chi connectivity index (χ1n) is 9.59. The van der Waals surface area contributed by atoms with E-state index in [2.05, 4.69) is 44.2 Å². The maximum absolute atomic E-state index is 12.1. The van der Waals surface area contributed by atoms with Crippen LogP contribution in [0.3, 0.4) is 0 Å². The van der Waals surface area contributed by atoms with Crippen molar-refractivity contribution in [2.75, 3.05) is 6.54 Å². The van der Waals surface area contributed by atoms with Crippen LogP contribution >= 0.6 is 0 Å². The smallest absolute Gasteiger partial charge is 0.0982 e. The lowest BCUT2D eigenvalue weighted by Gasteiger charge is -2.41. The summed E-state index contributed by atoms with van der Waals surface area (Å²) in [4.78, 5) is 0. The molecule has 2 heteroatoms. The average molecular weight is 338 g/mol. The van der Waals surface area contributed by atoms with Crippen molar-refractivity contribution in [1.82, 2.24) is 0 Å². The molecule has 3 N–H and O–H groups in total. The summed E-state index contributed by atoms with van der Waals surface area (Å²) in [6.45, 7) is 4.78. The Morgan fingerprint density at radius 2 is 1.72 bits per heavy atom. The Labute approximate surface area is 152 Å². The summed E-state index contributed by atoms with van der Waals surface area (Å²) in [6.07, 6.45) is 5.51. The Kier molecular flexibility index (Phi) is 5.61. The van der Waals surface area contributed by atoms with Crippen molar-refractivity contribution in [2.45, 2.75) is 51.6 Å². The second kappa shape index (κ2) is 7.72. The van der Waals surface area contributed by atoms with Gasteiger partial charge in [0.2, 0.25) is 0 Å². The van der Waals surface area contributed by atoms with E-state index in [1.807, 2.05) is 18.2 Å². The topological polar surface area (TPSA) is 46.2 Å². The molecule has 2 nitrogen and oxygen atoms in total. The van der Waals surface area contributed by atoms with E-state index in [1.165, 1.54) is 42.4 Å². The van der Waals surface area contributed by atoms with E-state index in [1.54, 1.807) is 0 Å². The quantitative estimate of drug-likeness (QED) is 0.815. The molecule has 0 bridgehead atoms. The van der Waals surface area contributed by atoms with Gasteiger partial charge in [-0.05, 0) is 48.6 Å². The highest BCUT2D eigenvalue weighted by Crippen LogP contribution is 2.44. The van der Waals surface area contributed by atoms with Gasteiger partial charge in [-0.15, -0.1) is 0 Å². The maximum atomic E-state index is 12.1. The van der Waals surface area contributed by atoms with Crippen molar-refractivity contribution in [3.05, 3.63) is 70.8 Å². The van der Waals surface area contributed by atoms with Crippen molar-refractivity contribution in [3.63, 3.8) is 0 Å². The van der Waals surface area contributed by atoms with E-state index < -0.39 is 5.60 Å². The highest BCUT2D eigenvalue weighted by Gasteiger charge is 2.43. The Morgan fingerprint density at radius 1 is 1.04 bits per heavy atom. The molecule has 2 aromatic carbocycles. The molecule has 1 aliphatic rings. The number of nitrogens with two attached hydrogens (primary N) is 1. The van der Waals surface area contributed by atoms with Crippen LogP contribution in [0.2, 0.25) is 0 Å². The molecule has 25 heavy (non-hydrogen) atoms. The number of hydrogen-bond donors (Lipinski definition) is 2. The molecule has 2 unspecified atom stereocenters. The molecule has 0 saturated heterocycles. The molecule has 134 valence electrons. The van der Waals surface area contributed by atoms with Gasteiger partial charge in [0.25, 0.3) is 0 Å². The SMILES string of the molecule is Cc1cccc(C(O)(Cc2ccccc2)C(CN)C2CCCC2)c1C. The lowest BCUT2D eigenvalue weighted by Crippen LogP contribution is -2.45. The van der Waals surface area contributed by atoms with Crippen LogP contribution in [0.25, 0.3) is 0 Å². The molecule has 2 atom stereocenters. The molecule has 0 spiro atoms. The number of benzene rings is 2. The minimum Gasteiger partial charge on any atom is -0.384 e. The Hall–Kier alpha value is -1.64. The molecule has 0 aromatic heterocycles. The lowest BCUT2D eigenvalue weighted by atomic mass is 9.69. The minimum atomic E-state index is -0.915. The van der Waals surface area contributed by atoms with Crippen LogP contribution in [0, 0.1) is 25.7 Å². The zero-order valence-electron chi connectivity index (χ0n) is 15.5. The van der Waals surface area contributed by atoms with Crippen LogP contribution in [0.15, 0.2) is 48.5 Å². The van der Waals surface area contributed by atoms with E-state index in [9.17, 15) is 5.11 Å². The lowest BCUT2D eigenvalue weighted by molar-refractivity contribution is -0.0445. The second-order valence-electron chi connectivity index (χ2n) is 7.72. The van der Waals surface area contributed by atoms with Crippen LogP contribution in [0.4, 0.5) is 0 Å². The Bertz CT molecular complexity index is 690. The third-order valence-corrected chi connectivity index (χ3v) is 6.22. The van der Waals surface area contributed by atoms with Crippen molar-refractivity contribution >= 4 is 0 Å². The molecule has 1 fully saturated rings. The van der Waals surface area contributed by atoms with Crippen molar-refractivity contribution in [1.29, 1.82) is 0 Å². The van der Waals surface area contributed by atoms with Crippen LogP contribution in [-0.2, 0) is 12.0 Å². The maximum Gasteiger partial charge on any atom is 0.0982 e. The van der Waals surface area contributed by atoms with E-state index in [0.717, 1.165) is 5.56 Å². The first-order chi connectivity index (χ1) is 12.1. The molecule has 0 aliphatic heterocycles. The van der Waals surface area contributed by atoms with Gasteiger partial charge in [-0.3, -0.25) is 0 Å². The molecule has 3 rings (SSSR count). The Balaban J connectivity index is 2.07. The summed E-state index contributed by atoms with van der Waals surface area (Å²) in [5, 5.41) is 12.1. The first-order valence-corrected chi connectivity index (χ1v) is 9.59. The van der Waals surface area contributed by atoms with Gasteiger partial charge in [0.05, 0.1) is 5.60 Å². The fourth-order valence-electron chi connectivity index (χ4n) is 4.69. The summed E-state index contributed by atoms with van der Waals surface area (Å²) >= 11 is 0. The number of aryl methyl sites for hydroxylation is 1.